The molecule has 0 radical (unpaired) electrons. The predicted molar refractivity (Wildman–Crippen MR) is 74.0 cm³/mol. The maximum Gasteiger partial charge on any atom is 0.218 e. The molecule has 0 aliphatic rings. The predicted octanol–water partition coefficient (Wildman–Crippen LogP) is 0.301. The van der Waals surface area contributed by atoms with Crippen LogP contribution in [-0.2, 0) is 19.0 Å². The van der Waals surface area contributed by atoms with Crippen molar-refractivity contribution >= 4 is 5.91 Å². The Morgan fingerprint density at radius 3 is 2.11 bits per heavy atom. The Labute approximate surface area is 116 Å². The lowest BCUT2D eigenvalue weighted by molar-refractivity contribution is -0.117. The van der Waals surface area contributed by atoms with Crippen LogP contribution in [0.5, 0.6) is 0 Å². The van der Waals surface area contributed by atoms with Crippen molar-refractivity contribution in [3.63, 3.8) is 0 Å². The Morgan fingerprint density at radius 1 is 0.947 bits per heavy atom. The average Bonchev–Trinajstić information content (AvgIpc) is 2.39. The average molecular weight is 276 g/mol. The van der Waals surface area contributed by atoms with E-state index in [2.05, 4.69) is 12.2 Å². The molecule has 0 aliphatic carbocycles. The van der Waals surface area contributed by atoms with Crippen LogP contribution in [0.25, 0.3) is 0 Å². The van der Waals surface area contributed by atoms with E-state index >= 15 is 0 Å². The van der Waals surface area contributed by atoms with Gasteiger partial charge in [-0.05, 0) is 6.42 Å². The van der Waals surface area contributed by atoms with Gasteiger partial charge in [0.15, 0.2) is 0 Å². The molecule has 0 aromatic heterocycles. The van der Waals surface area contributed by atoms with E-state index in [0.29, 0.717) is 52.5 Å². The number of rotatable bonds is 15. The highest BCUT2D eigenvalue weighted by molar-refractivity contribution is 5.73. The van der Waals surface area contributed by atoms with Gasteiger partial charge in [-0.3, -0.25) is 4.79 Å². The lowest BCUT2D eigenvalue weighted by Crippen LogP contribution is -2.25. The fraction of sp³-hybridized carbons (Fsp3) is 0.923. The van der Waals surface area contributed by atoms with Crippen LogP contribution in [0.1, 0.15) is 26.2 Å². The number of unbranched alkanes of at least 4 members (excludes halogenated alkanes) is 1. The molecule has 0 rings (SSSR count). The number of carbonyl (C=O) groups excluding carboxylic acids is 1. The first kappa shape index (κ1) is 18.3. The van der Waals surface area contributed by atoms with Gasteiger partial charge in [0.1, 0.15) is 0 Å². The van der Waals surface area contributed by atoms with Gasteiger partial charge < -0.3 is 25.3 Å². The Kier molecular flexibility index (Phi) is 14.8. The summed E-state index contributed by atoms with van der Waals surface area (Å²) in [5.41, 5.74) is 5.00. The van der Waals surface area contributed by atoms with Crippen LogP contribution in [0.3, 0.4) is 0 Å². The lowest BCUT2D eigenvalue weighted by atomic mass is 10.4. The zero-order valence-electron chi connectivity index (χ0n) is 12.0. The molecule has 0 aliphatic heterocycles. The van der Waals surface area contributed by atoms with Crippen LogP contribution in [0, 0.1) is 0 Å². The highest BCUT2D eigenvalue weighted by Crippen LogP contribution is 1.87. The van der Waals surface area contributed by atoms with Gasteiger partial charge >= 0.3 is 0 Å². The van der Waals surface area contributed by atoms with Gasteiger partial charge in [0, 0.05) is 26.1 Å². The summed E-state index contributed by atoms with van der Waals surface area (Å²) in [4.78, 5) is 10.4. The first-order valence-corrected chi connectivity index (χ1v) is 6.99. The third kappa shape index (κ3) is 17.3. The zero-order valence-corrected chi connectivity index (χ0v) is 12.0. The van der Waals surface area contributed by atoms with Gasteiger partial charge in [0.05, 0.1) is 33.0 Å². The minimum Gasteiger partial charge on any atom is -0.379 e. The number of nitrogens with two attached hydrogens (primary N) is 1. The first-order valence-electron chi connectivity index (χ1n) is 6.99. The normalized spacial score (nSPS) is 10.8. The van der Waals surface area contributed by atoms with E-state index in [1.807, 2.05) is 0 Å². The number of hydrogen-bond acceptors (Lipinski definition) is 5. The van der Waals surface area contributed by atoms with Gasteiger partial charge in [-0.1, -0.05) is 13.3 Å². The van der Waals surface area contributed by atoms with E-state index in [4.69, 9.17) is 19.9 Å². The number of amides is 1. The summed E-state index contributed by atoms with van der Waals surface area (Å²) in [5, 5.41) is 3.06. The topological polar surface area (TPSA) is 82.8 Å². The summed E-state index contributed by atoms with van der Waals surface area (Å²) < 4.78 is 16.0. The molecule has 0 unspecified atom stereocenters. The Balaban J connectivity index is 2.93. The summed E-state index contributed by atoms with van der Waals surface area (Å²) in [6.07, 6.45) is 2.62. The molecule has 19 heavy (non-hydrogen) atoms. The van der Waals surface area contributed by atoms with E-state index in [0.717, 1.165) is 19.4 Å². The van der Waals surface area contributed by atoms with Crippen LogP contribution >= 0.6 is 0 Å². The van der Waals surface area contributed by atoms with Crippen molar-refractivity contribution in [1.82, 2.24) is 5.32 Å². The molecular weight excluding hydrogens is 248 g/mol. The maximum absolute atomic E-state index is 10.4. The van der Waals surface area contributed by atoms with Gasteiger partial charge in [-0.2, -0.15) is 0 Å². The Bertz CT molecular complexity index is 203. The maximum atomic E-state index is 10.4. The molecular formula is C13H28N2O4. The first-order chi connectivity index (χ1) is 9.27. The van der Waals surface area contributed by atoms with E-state index in [1.54, 1.807) is 0 Å². The summed E-state index contributed by atoms with van der Waals surface area (Å²) in [7, 11) is 0. The fourth-order valence-electron chi connectivity index (χ4n) is 1.27. The molecule has 0 spiro atoms. The summed E-state index contributed by atoms with van der Waals surface area (Å²) in [6.45, 7) is 7.30. The molecule has 0 saturated carbocycles. The molecule has 3 N–H and O–H groups in total. The Hall–Kier alpha value is -0.690. The molecule has 0 fully saturated rings. The molecule has 0 aromatic rings. The molecule has 6 nitrogen and oxygen atoms in total. The van der Waals surface area contributed by atoms with E-state index in [9.17, 15) is 4.79 Å². The summed E-state index contributed by atoms with van der Waals surface area (Å²) in [6, 6.07) is 0. The number of ether oxygens (including phenoxy) is 3. The van der Waals surface area contributed by atoms with Crippen molar-refractivity contribution in [3.8, 4) is 0 Å². The van der Waals surface area contributed by atoms with Crippen LogP contribution in [0.15, 0.2) is 0 Å². The molecule has 0 saturated heterocycles. The van der Waals surface area contributed by atoms with Gasteiger partial charge in [-0.15, -0.1) is 0 Å². The van der Waals surface area contributed by atoms with Crippen molar-refractivity contribution in [2.24, 2.45) is 5.73 Å². The van der Waals surface area contributed by atoms with E-state index in [-0.39, 0.29) is 5.91 Å². The van der Waals surface area contributed by atoms with Gasteiger partial charge in [-0.25, -0.2) is 0 Å². The van der Waals surface area contributed by atoms with Crippen molar-refractivity contribution < 1.29 is 19.0 Å². The number of hydrogen-bond donors (Lipinski definition) is 2. The van der Waals surface area contributed by atoms with Crippen LogP contribution in [0.2, 0.25) is 0 Å². The zero-order chi connectivity index (χ0) is 14.2. The van der Waals surface area contributed by atoms with Crippen LogP contribution in [0.4, 0.5) is 0 Å². The van der Waals surface area contributed by atoms with Gasteiger partial charge in [0.25, 0.3) is 0 Å². The second-order valence-electron chi connectivity index (χ2n) is 4.16. The molecule has 0 aromatic carbocycles. The van der Waals surface area contributed by atoms with Gasteiger partial charge in [0.2, 0.25) is 5.91 Å². The standard InChI is InChI=1S/C13H28N2O4/c1-2-3-7-17-9-11-19-12-10-18-8-6-15-5-4-13(14)16/h15H,2-12H2,1H3,(H2,14,16). The number of primary amides is 1. The quantitative estimate of drug-likeness (QED) is 0.420. The number of nitrogens with one attached hydrogen (secondary N) is 1. The van der Waals surface area contributed by atoms with Crippen molar-refractivity contribution in [2.75, 3.05) is 52.7 Å². The highest BCUT2D eigenvalue weighted by atomic mass is 16.5. The molecule has 0 bridgehead atoms. The fourth-order valence-corrected chi connectivity index (χ4v) is 1.27. The Morgan fingerprint density at radius 2 is 1.53 bits per heavy atom. The van der Waals surface area contributed by atoms with E-state index in [1.165, 1.54) is 0 Å². The van der Waals surface area contributed by atoms with E-state index < -0.39 is 0 Å². The molecule has 114 valence electrons. The molecule has 0 atom stereocenters. The lowest BCUT2D eigenvalue weighted by Gasteiger charge is -2.07. The second kappa shape index (κ2) is 15.4. The van der Waals surface area contributed by atoms with Crippen molar-refractivity contribution in [1.29, 1.82) is 0 Å². The summed E-state index contributed by atoms with van der Waals surface area (Å²) in [5.74, 6) is -0.289. The largest absolute Gasteiger partial charge is 0.379 e. The monoisotopic (exact) mass is 276 g/mol. The van der Waals surface area contributed by atoms with Crippen LogP contribution in [-0.4, -0.2) is 58.6 Å². The number of carbonyl (C=O) groups is 1. The molecule has 6 heteroatoms. The third-order valence-electron chi connectivity index (χ3n) is 2.36. The minimum atomic E-state index is -0.289. The molecule has 0 heterocycles. The highest BCUT2D eigenvalue weighted by Gasteiger charge is 1.94. The third-order valence-corrected chi connectivity index (χ3v) is 2.36. The van der Waals surface area contributed by atoms with Crippen LogP contribution < -0.4 is 11.1 Å². The SMILES string of the molecule is CCCCOCCOCCOCCNCCC(N)=O. The van der Waals surface area contributed by atoms with Crippen molar-refractivity contribution in [3.05, 3.63) is 0 Å². The summed E-state index contributed by atoms with van der Waals surface area (Å²) >= 11 is 0. The van der Waals surface area contributed by atoms with Crippen molar-refractivity contribution in [2.45, 2.75) is 26.2 Å². The second-order valence-corrected chi connectivity index (χ2v) is 4.16. The molecule has 1 amide bonds. The minimum absolute atomic E-state index is 0.289. The smallest absolute Gasteiger partial charge is 0.218 e.